The topological polar surface area (TPSA) is 92.3 Å². The summed E-state index contributed by atoms with van der Waals surface area (Å²) in [6.07, 6.45) is -1.28. The lowest BCUT2D eigenvalue weighted by Gasteiger charge is -2.46. The molecule has 0 bridgehead atoms. The molecule has 10 heteroatoms. The number of hydrogen-bond acceptors (Lipinski definition) is 10. The van der Waals surface area contributed by atoms with Crippen LogP contribution in [0.3, 0.4) is 0 Å². The monoisotopic (exact) mass is 778 g/mol. The van der Waals surface area contributed by atoms with Crippen molar-refractivity contribution in [1.82, 2.24) is 0 Å². The summed E-state index contributed by atoms with van der Waals surface area (Å²) in [6.45, 7) is 9.30. The molecule has 302 valence electrons. The average Bonchev–Trinajstić information content (AvgIpc) is 3.73. The zero-order chi connectivity index (χ0) is 39.2. The Labute approximate surface area is 335 Å². The van der Waals surface area contributed by atoms with E-state index in [-0.39, 0.29) is 6.61 Å². The summed E-state index contributed by atoms with van der Waals surface area (Å²) in [7, 11) is 0. The van der Waals surface area contributed by atoms with Crippen molar-refractivity contribution in [2.75, 3.05) is 6.61 Å². The third-order valence-electron chi connectivity index (χ3n) is 10.6. The van der Waals surface area contributed by atoms with Crippen molar-refractivity contribution in [2.45, 2.75) is 127 Å². The molecule has 0 radical (unpaired) electrons. The molecule has 10 atom stereocenters. The van der Waals surface area contributed by atoms with Gasteiger partial charge in [0.1, 0.15) is 54.9 Å². The molecule has 4 saturated heterocycles. The van der Waals surface area contributed by atoms with Gasteiger partial charge >= 0.3 is 0 Å². The molecule has 0 spiro atoms. The van der Waals surface area contributed by atoms with E-state index in [1.54, 1.807) is 0 Å². The van der Waals surface area contributed by atoms with E-state index in [0.29, 0.717) is 26.4 Å². The Morgan fingerprint density at radius 1 is 0.456 bits per heavy atom. The summed E-state index contributed by atoms with van der Waals surface area (Å²) < 4.78 is 66.0. The molecule has 57 heavy (non-hydrogen) atoms. The van der Waals surface area contributed by atoms with Gasteiger partial charge in [-0.25, -0.2) is 0 Å². The third kappa shape index (κ3) is 10.1. The Bertz CT molecular complexity index is 1860. The van der Waals surface area contributed by atoms with Crippen molar-refractivity contribution >= 4 is 0 Å². The molecule has 10 nitrogen and oxygen atoms in total. The molecule has 4 fully saturated rings. The second-order valence-corrected chi connectivity index (χ2v) is 15.9. The zero-order valence-electron chi connectivity index (χ0n) is 33.1. The smallest absolute Gasteiger partial charge is 0.190 e. The van der Waals surface area contributed by atoms with E-state index in [9.17, 15) is 0 Å². The number of ether oxygens (including phenoxy) is 10. The van der Waals surface area contributed by atoms with E-state index in [4.69, 9.17) is 47.4 Å². The molecule has 0 amide bonds. The average molecular weight is 779 g/mol. The van der Waals surface area contributed by atoms with Gasteiger partial charge in [0.25, 0.3) is 0 Å². The molecule has 0 aromatic heterocycles. The van der Waals surface area contributed by atoms with E-state index in [2.05, 4.69) is 36.4 Å². The van der Waals surface area contributed by atoms with Gasteiger partial charge in [-0.1, -0.05) is 133 Å². The summed E-state index contributed by atoms with van der Waals surface area (Å²) in [4.78, 5) is 0. The van der Waals surface area contributed by atoms with Gasteiger partial charge < -0.3 is 47.4 Å². The predicted octanol–water partition coefficient (Wildman–Crippen LogP) is 7.68. The number of fused-ring (bicyclic) bond motifs is 3. The molecule has 0 N–H and O–H groups in total. The van der Waals surface area contributed by atoms with Crippen LogP contribution in [0.5, 0.6) is 0 Å². The third-order valence-corrected chi connectivity index (χ3v) is 10.6. The second kappa shape index (κ2) is 18.0. The van der Waals surface area contributed by atoms with Crippen LogP contribution in [-0.2, 0) is 73.8 Å². The first-order valence-electron chi connectivity index (χ1n) is 20.0. The van der Waals surface area contributed by atoms with Gasteiger partial charge in [-0.3, -0.25) is 0 Å². The van der Waals surface area contributed by atoms with E-state index in [1.807, 2.05) is 125 Å². The van der Waals surface area contributed by atoms with Gasteiger partial charge in [0.2, 0.25) is 0 Å². The maximum atomic E-state index is 7.05. The second-order valence-electron chi connectivity index (χ2n) is 15.9. The zero-order valence-corrected chi connectivity index (χ0v) is 33.1. The first kappa shape index (κ1) is 40.0. The Kier molecular flexibility index (Phi) is 12.6. The van der Waals surface area contributed by atoms with Gasteiger partial charge in [0.15, 0.2) is 17.9 Å². The fraction of sp³-hybridized carbons (Fsp3) is 0.447. The minimum atomic E-state index is -0.834. The van der Waals surface area contributed by atoms with Crippen molar-refractivity contribution < 1.29 is 47.4 Å². The highest BCUT2D eigenvalue weighted by Gasteiger charge is 2.60. The Hall–Kier alpha value is -3.78. The van der Waals surface area contributed by atoms with Crippen LogP contribution >= 0.6 is 0 Å². The van der Waals surface area contributed by atoms with Crippen LogP contribution in [0.1, 0.15) is 49.9 Å². The Morgan fingerprint density at radius 3 is 1.46 bits per heavy atom. The summed E-state index contributed by atoms with van der Waals surface area (Å²) in [5.74, 6) is -1.66. The number of hydrogen-bond donors (Lipinski definition) is 0. The summed E-state index contributed by atoms with van der Waals surface area (Å²) in [6, 6.07) is 40.5. The fourth-order valence-corrected chi connectivity index (χ4v) is 8.00. The van der Waals surface area contributed by atoms with Crippen LogP contribution < -0.4 is 0 Å². The highest BCUT2D eigenvalue weighted by Crippen LogP contribution is 2.44. The molecule has 4 aliphatic rings. The fourth-order valence-electron chi connectivity index (χ4n) is 8.00. The van der Waals surface area contributed by atoms with Crippen LogP contribution in [0.15, 0.2) is 133 Å². The minimum Gasteiger partial charge on any atom is -0.374 e. The van der Waals surface area contributed by atoms with Gasteiger partial charge in [-0.05, 0) is 49.9 Å². The van der Waals surface area contributed by atoms with Crippen LogP contribution in [0.2, 0.25) is 0 Å². The first-order chi connectivity index (χ1) is 27.7. The molecular formula is C47H54O10. The van der Waals surface area contributed by atoms with E-state index in [0.717, 1.165) is 22.3 Å². The van der Waals surface area contributed by atoms with Crippen LogP contribution in [0, 0.1) is 0 Å². The molecule has 4 aromatic rings. The highest BCUT2D eigenvalue weighted by atomic mass is 16.9. The SMILES string of the molecule is CC1(C)O[C@H]2[C@@H](O1)[C@@H](/C=C\[C@@H]1O[C@H](COCc3ccccc3)[C@H](OCc3ccccc3)[C@H](OCc3ccccc3)[C@H]1OCc1ccccc1)O[C@@H]1OC(C)(C)O[C@@H]12. The molecule has 8 rings (SSSR count). The molecule has 0 unspecified atom stereocenters. The molecule has 0 aliphatic carbocycles. The summed E-state index contributed by atoms with van der Waals surface area (Å²) in [5, 5.41) is 0. The van der Waals surface area contributed by atoms with Gasteiger partial charge in [-0.2, -0.15) is 0 Å². The number of rotatable bonds is 15. The molecule has 0 saturated carbocycles. The van der Waals surface area contributed by atoms with Crippen molar-refractivity contribution in [2.24, 2.45) is 0 Å². The van der Waals surface area contributed by atoms with Crippen LogP contribution in [0.4, 0.5) is 0 Å². The molecule has 4 aromatic carbocycles. The van der Waals surface area contributed by atoms with E-state index >= 15 is 0 Å². The maximum Gasteiger partial charge on any atom is 0.190 e. The van der Waals surface area contributed by atoms with Crippen LogP contribution in [0.25, 0.3) is 0 Å². The van der Waals surface area contributed by atoms with Crippen molar-refractivity contribution in [3.8, 4) is 0 Å². The normalized spacial score (nSPS) is 31.6. The Morgan fingerprint density at radius 2 is 0.895 bits per heavy atom. The van der Waals surface area contributed by atoms with Crippen LogP contribution in [-0.4, -0.2) is 79.4 Å². The highest BCUT2D eigenvalue weighted by molar-refractivity contribution is 5.18. The first-order valence-corrected chi connectivity index (χ1v) is 20.0. The molecule has 4 heterocycles. The van der Waals surface area contributed by atoms with Crippen molar-refractivity contribution in [1.29, 1.82) is 0 Å². The lowest BCUT2D eigenvalue weighted by Crippen LogP contribution is -2.61. The lowest BCUT2D eigenvalue weighted by molar-refractivity contribution is -0.263. The largest absolute Gasteiger partial charge is 0.374 e. The van der Waals surface area contributed by atoms with Crippen molar-refractivity contribution in [3.05, 3.63) is 156 Å². The van der Waals surface area contributed by atoms with Crippen molar-refractivity contribution in [3.63, 3.8) is 0 Å². The quantitative estimate of drug-likeness (QED) is 0.112. The van der Waals surface area contributed by atoms with Gasteiger partial charge in [-0.15, -0.1) is 0 Å². The molecular weight excluding hydrogens is 725 g/mol. The maximum absolute atomic E-state index is 7.05. The predicted molar refractivity (Wildman–Crippen MR) is 211 cm³/mol. The standard InChI is InChI=1S/C47H54O10/c1-46(2)54-41-37(53-45-44(43(41)55-46)56-47(3,4)57-45)26-25-36-39(49-28-33-19-11-6-12-20-33)42(51-30-35-23-15-8-16-24-35)40(50-29-34-21-13-7-14-22-34)38(52-36)31-48-27-32-17-9-5-10-18-32/h5-26,36-45H,27-31H2,1-4H3/b26-25-/t36-,37+,38+,39-,40-,41-,42+,43-,44+,45+/m0/s1. The van der Waals surface area contributed by atoms with E-state index in [1.165, 1.54) is 0 Å². The Balaban J connectivity index is 1.12. The number of benzene rings is 4. The van der Waals surface area contributed by atoms with E-state index < -0.39 is 72.8 Å². The molecule has 4 aliphatic heterocycles. The lowest BCUT2D eigenvalue weighted by atomic mass is 9.92. The van der Waals surface area contributed by atoms with Gasteiger partial charge in [0.05, 0.1) is 33.0 Å². The summed E-state index contributed by atoms with van der Waals surface area (Å²) >= 11 is 0. The van der Waals surface area contributed by atoms with Gasteiger partial charge in [0, 0.05) is 0 Å². The summed E-state index contributed by atoms with van der Waals surface area (Å²) in [5.41, 5.74) is 4.17. The minimum absolute atomic E-state index is 0.259.